The number of nitrogens with zero attached hydrogens (tertiary/aromatic N) is 3. The molecule has 0 bridgehead atoms. The van der Waals surface area contributed by atoms with Crippen molar-refractivity contribution in [3.8, 4) is 0 Å². The van der Waals surface area contributed by atoms with E-state index >= 15 is 0 Å². The molecule has 0 saturated carbocycles. The van der Waals surface area contributed by atoms with E-state index in [2.05, 4.69) is 4.90 Å². The van der Waals surface area contributed by atoms with Crippen molar-refractivity contribution in [3.05, 3.63) is 39.9 Å². The van der Waals surface area contributed by atoms with Crippen molar-refractivity contribution in [3.63, 3.8) is 0 Å². The van der Waals surface area contributed by atoms with Crippen LogP contribution in [0.15, 0.2) is 24.3 Å². The van der Waals surface area contributed by atoms with Crippen LogP contribution in [0.3, 0.4) is 0 Å². The van der Waals surface area contributed by atoms with Crippen LogP contribution in [-0.2, 0) is 15.8 Å². The molecule has 126 valence electrons. The fourth-order valence-corrected chi connectivity index (χ4v) is 5.46. The van der Waals surface area contributed by atoms with E-state index in [1.54, 1.807) is 12.1 Å². The summed E-state index contributed by atoms with van der Waals surface area (Å²) in [7, 11) is -3.58. The van der Waals surface area contributed by atoms with Crippen LogP contribution in [0.4, 0.5) is 5.69 Å². The van der Waals surface area contributed by atoms with Crippen molar-refractivity contribution >= 4 is 15.7 Å². The summed E-state index contributed by atoms with van der Waals surface area (Å²) in [6.07, 6.45) is 2.12. The lowest BCUT2D eigenvalue weighted by Gasteiger charge is -2.41. The first-order valence-corrected chi connectivity index (χ1v) is 9.45. The zero-order valence-electron chi connectivity index (χ0n) is 13.1. The molecule has 2 saturated heterocycles. The first-order chi connectivity index (χ1) is 10.9. The monoisotopic (exact) mass is 339 g/mol. The lowest BCUT2D eigenvalue weighted by atomic mass is 10.1. The molecule has 0 amide bonds. The number of sulfonamides is 1. The maximum Gasteiger partial charge on any atom is 0.273 e. The van der Waals surface area contributed by atoms with Gasteiger partial charge in [-0.25, -0.2) is 8.42 Å². The van der Waals surface area contributed by atoms with Crippen LogP contribution in [0.2, 0.25) is 0 Å². The molecule has 8 heteroatoms. The Bertz CT molecular complexity index is 706. The van der Waals surface area contributed by atoms with Gasteiger partial charge in [-0.15, -0.1) is 0 Å². The van der Waals surface area contributed by atoms with Gasteiger partial charge in [-0.3, -0.25) is 15.0 Å². The molecule has 1 aromatic carbocycles. The second-order valence-corrected chi connectivity index (χ2v) is 8.27. The third-order valence-electron chi connectivity index (χ3n) is 4.76. The van der Waals surface area contributed by atoms with E-state index in [1.165, 1.54) is 16.4 Å². The van der Waals surface area contributed by atoms with E-state index in [0.29, 0.717) is 6.54 Å². The summed E-state index contributed by atoms with van der Waals surface area (Å²) < 4.78 is 27.2. The number of hydrogen-bond acceptors (Lipinski definition) is 5. The Hall–Kier alpha value is -1.51. The van der Waals surface area contributed by atoms with Gasteiger partial charge in [0, 0.05) is 36.8 Å². The van der Waals surface area contributed by atoms with Gasteiger partial charge in [-0.1, -0.05) is 18.2 Å². The highest BCUT2D eigenvalue weighted by Gasteiger charge is 2.40. The zero-order chi connectivity index (χ0) is 16.6. The van der Waals surface area contributed by atoms with Crippen LogP contribution >= 0.6 is 0 Å². The first kappa shape index (κ1) is 16.4. The van der Waals surface area contributed by atoms with Gasteiger partial charge in [0.05, 0.1) is 10.7 Å². The fourth-order valence-electron chi connectivity index (χ4n) is 3.64. The molecule has 3 rings (SSSR count). The molecule has 2 aliphatic heterocycles. The standard InChI is InChI=1S/C15H21N3O4S/c1-12-9-16-8-4-6-14(16)10-17(12)23(21,22)11-13-5-2-3-7-15(13)18(19)20/h2-3,5,7,12,14H,4,6,8-11H2,1H3/t12-,14+/m0/s1. The van der Waals surface area contributed by atoms with Gasteiger partial charge in [0.2, 0.25) is 10.0 Å². The van der Waals surface area contributed by atoms with Crippen molar-refractivity contribution in [2.24, 2.45) is 0 Å². The van der Waals surface area contributed by atoms with Crippen molar-refractivity contribution in [1.82, 2.24) is 9.21 Å². The van der Waals surface area contributed by atoms with Crippen molar-refractivity contribution in [1.29, 1.82) is 0 Å². The Kier molecular flexibility index (Phi) is 4.39. The van der Waals surface area contributed by atoms with E-state index < -0.39 is 14.9 Å². The molecule has 0 spiro atoms. The molecule has 2 heterocycles. The van der Waals surface area contributed by atoms with Crippen LogP contribution in [0.25, 0.3) is 0 Å². The minimum Gasteiger partial charge on any atom is -0.297 e. The summed E-state index contributed by atoms with van der Waals surface area (Å²) in [6, 6.07) is 6.24. The van der Waals surface area contributed by atoms with Gasteiger partial charge in [0.1, 0.15) is 0 Å². The van der Waals surface area contributed by atoms with Gasteiger partial charge >= 0.3 is 0 Å². The molecule has 2 aliphatic rings. The number of rotatable bonds is 4. The van der Waals surface area contributed by atoms with E-state index in [0.717, 1.165) is 25.9 Å². The average Bonchev–Trinajstić information content (AvgIpc) is 2.93. The van der Waals surface area contributed by atoms with Crippen LogP contribution < -0.4 is 0 Å². The third kappa shape index (κ3) is 3.24. The van der Waals surface area contributed by atoms with Gasteiger partial charge in [-0.05, 0) is 26.3 Å². The first-order valence-electron chi connectivity index (χ1n) is 7.84. The quantitative estimate of drug-likeness (QED) is 0.614. The molecule has 0 aromatic heterocycles. The maximum atomic E-state index is 12.8. The Morgan fingerprint density at radius 3 is 2.78 bits per heavy atom. The molecule has 0 radical (unpaired) electrons. The van der Waals surface area contributed by atoms with E-state index in [9.17, 15) is 18.5 Å². The number of benzene rings is 1. The Morgan fingerprint density at radius 2 is 2.04 bits per heavy atom. The van der Waals surface area contributed by atoms with E-state index in [1.807, 2.05) is 6.92 Å². The topological polar surface area (TPSA) is 83.8 Å². The number of nitro benzene ring substituents is 1. The van der Waals surface area contributed by atoms with Crippen LogP contribution in [0.1, 0.15) is 25.3 Å². The van der Waals surface area contributed by atoms with Crippen LogP contribution in [0, 0.1) is 10.1 Å². The minimum atomic E-state index is -3.58. The van der Waals surface area contributed by atoms with Crippen molar-refractivity contribution < 1.29 is 13.3 Å². The second-order valence-electron chi connectivity index (χ2n) is 6.35. The Labute approximate surface area is 136 Å². The summed E-state index contributed by atoms with van der Waals surface area (Å²) in [5.74, 6) is -0.318. The van der Waals surface area contributed by atoms with Gasteiger partial charge in [-0.2, -0.15) is 4.31 Å². The van der Waals surface area contributed by atoms with Crippen LogP contribution in [0.5, 0.6) is 0 Å². The molecular weight excluding hydrogens is 318 g/mol. The fraction of sp³-hybridized carbons (Fsp3) is 0.600. The molecule has 0 aliphatic carbocycles. The summed E-state index contributed by atoms with van der Waals surface area (Å²) in [4.78, 5) is 12.9. The Balaban J connectivity index is 1.83. The normalized spacial score (nSPS) is 26.1. The van der Waals surface area contributed by atoms with Crippen molar-refractivity contribution in [2.75, 3.05) is 19.6 Å². The molecule has 0 unspecified atom stereocenters. The summed E-state index contributed by atoms with van der Waals surface area (Å²) in [6.45, 7) is 4.17. The Morgan fingerprint density at radius 1 is 1.30 bits per heavy atom. The molecule has 1 aromatic rings. The van der Waals surface area contributed by atoms with Gasteiger partial charge in [0.15, 0.2) is 0 Å². The van der Waals surface area contributed by atoms with E-state index in [4.69, 9.17) is 0 Å². The number of fused-ring (bicyclic) bond motifs is 1. The molecule has 2 atom stereocenters. The SMILES string of the molecule is C[C@H]1CN2CCC[C@@H]2CN1S(=O)(=O)Cc1ccccc1[N+](=O)[O-]. The molecule has 2 fully saturated rings. The minimum absolute atomic E-state index is 0.0999. The van der Waals surface area contributed by atoms with Gasteiger partial charge < -0.3 is 0 Å². The lowest BCUT2D eigenvalue weighted by Crippen LogP contribution is -2.56. The summed E-state index contributed by atoms with van der Waals surface area (Å²) in [5, 5.41) is 11.1. The third-order valence-corrected chi connectivity index (χ3v) is 6.66. The summed E-state index contributed by atoms with van der Waals surface area (Å²) >= 11 is 0. The number of para-hydroxylation sites is 1. The van der Waals surface area contributed by atoms with Crippen molar-refractivity contribution in [2.45, 2.75) is 37.6 Å². The lowest BCUT2D eigenvalue weighted by molar-refractivity contribution is -0.385. The van der Waals surface area contributed by atoms with Gasteiger partial charge in [0.25, 0.3) is 5.69 Å². The predicted octanol–water partition coefficient (Wildman–Crippen LogP) is 1.59. The number of piperazine rings is 1. The number of nitro groups is 1. The molecule has 23 heavy (non-hydrogen) atoms. The highest BCUT2D eigenvalue weighted by atomic mass is 32.2. The number of hydrogen-bond donors (Lipinski definition) is 0. The highest BCUT2D eigenvalue weighted by Crippen LogP contribution is 2.29. The second kappa shape index (κ2) is 6.18. The molecule has 7 nitrogen and oxygen atoms in total. The van der Waals surface area contributed by atoms with E-state index in [-0.39, 0.29) is 29.1 Å². The maximum absolute atomic E-state index is 12.8. The zero-order valence-corrected chi connectivity index (χ0v) is 13.9. The smallest absolute Gasteiger partial charge is 0.273 e. The molecule has 0 N–H and O–H groups in total. The summed E-state index contributed by atoms with van der Waals surface area (Å²) in [5.41, 5.74) is 0.113. The average molecular weight is 339 g/mol. The largest absolute Gasteiger partial charge is 0.297 e. The predicted molar refractivity (Wildman–Crippen MR) is 86.5 cm³/mol. The molecular formula is C15H21N3O4S. The highest BCUT2D eigenvalue weighted by molar-refractivity contribution is 7.88. The van der Waals surface area contributed by atoms with Crippen LogP contribution in [-0.4, -0.2) is 54.3 Å².